The Hall–Kier alpha value is -8.20. The average molecular weight is 816 g/mol. The predicted octanol–water partition coefficient (Wildman–Crippen LogP) is 15.7. The molecule has 0 aromatic heterocycles. The Kier molecular flexibility index (Phi) is 8.07. The van der Waals surface area contributed by atoms with Crippen molar-refractivity contribution in [3.8, 4) is 44.9 Å². The van der Waals surface area contributed by atoms with Crippen LogP contribution < -0.4 is 9.64 Å². The first-order chi connectivity index (χ1) is 31.8. The number of benzene rings is 10. The molecule has 0 unspecified atom stereocenters. The lowest BCUT2D eigenvalue weighted by atomic mass is 9.66. The fraction of sp³-hybridized carbons (Fsp3) is 0.0323. The van der Waals surface area contributed by atoms with Crippen LogP contribution in [0.5, 0.6) is 11.5 Å². The minimum Gasteiger partial charge on any atom is -0.457 e. The Balaban J connectivity index is 1.02. The minimum atomic E-state index is -0.561. The molecule has 0 radical (unpaired) electrons. The number of hydrogen-bond donors (Lipinski definition) is 0. The van der Waals surface area contributed by atoms with Crippen LogP contribution in [0.4, 0.5) is 17.1 Å². The number of ether oxygens (including phenoxy) is 1. The van der Waals surface area contributed by atoms with Gasteiger partial charge in [-0.15, -0.1) is 0 Å². The molecule has 1 spiro atoms. The van der Waals surface area contributed by atoms with Gasteiger partial charge in [0.1, 0.15) is 11.5 Å². The highest BCUT2D eigenvalue weighted by molar-refractivity contribution is 5.99. The van der Waals surface area contributed by atoms with E-state index in [0.717, 1.165) is 39.7 Å². The van der Waals surface area contributed by atoms with Crippen LogP contribution in [0.3, 0.4) is 0 Å². The van der Waals surface area contributed by atoms with E-state index in [9.17, 15) is 0 Å². The molecule has 0 amide bonds. The highest BCUT2D eigenvalue weighted by Crippen LogP contribution is 2.64. The maximum absolute atomic E-state index is 6.66. The monoisotopic (exact) mass is 815 g/mol. The topological polar surface area (TPSA) is 12.5 Å². The van der Waals surface area contributed by atoms with Crippen molar-refractivity contribution in [2.75, 3.05) is 4.90 Å². The van der Waals surface area contributed by atoms with E-state index in [1.807, 2.05) is 0 Å². The van der Waals surface area contributed by atoms with Gasteiger partial charge in [-0.3, -0.25) is 0 Å². The molecule has 0 bridgehead atoms. The summed E-state index contributed by atoms with van der Waals surface area (Å²) >= 11 is 0. The van der Waals surface area contributed by atoms with E-state index in [1.54, 1.807) is 0 Å². The fourth-order valence-electron chi connectivity index (χ4n) is 11.6. The first-order valence-electron chi connectivity index (χ1n) is 22.2. The van der Waals surface area contributed by atoms with Crippen LogP contribution in [-0.2, 0) is 10.8 Å². The zero-order chi connectivity index (χ0) is 42.2. The molecule has 3 aliphatic rings. The van der Waals surface area contributed by atoms with Crippen LogP contribution in [0.2, 0.25) is 0 Å². The molecular weight excluding hydrogens is 775 g/mol. The third-order valence-corrected chi connectivity index (χ3v) is 14.0. The smallest absolute Gasteiger partial charge is 0.132 e. The summed E-state index contributed by atoms with van der Waals surface area (Å²) in [6.07, 6.45) is 0. The summed E-state index contributed by atoms with van der Waals surface area (Å²) in [4.78, 5) is 2.44. The van der Waals surface area contributed by atoms with Gasteiger partial charge in [-0.1, -0.05) is 206 Å². The summed E-state index contributed by atoms with van der Waals surface area (Å²) in [7, 11) is 0. The second kappa shape index (κ2) is 14.2. The summed E-state index contributed by atoms with van der Waals surface area (Å²) in [6, 6.07) is 91.1. The molecule has 64 heavy (non-hydrogen) atoms. The van der Waals surface area contributed by atoms with E-state index in [4.69, 9.17) is 4.74 Å². The molecule has 0 saturated heterocycles. The van der Waals surface area contributed by atoms with Crippen molar-refractivity contribution < 1.29 is 4.74 Å². The standard InChI is InChI=1S/C62H41NO/c1-4-20-43(21-5-1)61(44-22-6-2-7-23-44)51-30-12-10-26-48(51)49-29-18-28-47(60(49)61)42-38-40-46(41-39-42)63(45-24-8-3-9-25-45)56-35-19-34-55-59(56)50-27-11-13-31-52(50)62(55)53-32-14-16-36-57(53)64-58-37-17-15-33-54(58)62/h1-41H. The van der Waals surface area contributed by atoms with Crippen LogP contribution >= 0.6 is 0 Å². The van der Waals surface area contributed by atoms with Gasteiger partial charge in [0.2, 0.25) is 0 Å². The zero-order valence-electron chi connectivity index (χ0n) is 35.0. The molecule has 2 nitrogen and oxygen atoms in total. The summed E-state index contributed by atoms with van der Waals surface area (Å²) in [5.41, 5.74) is 19.7. The molecule has 2 heteroatoms. The molecule has 0 atom stereocenters. The summed E-state index contributed by atoms with van der Waals surface area (Å²) in [5, 5.41) is 0. The second-order valence-corrected chi connectivity index (χ2v) is 17.1. The summed E-state index contributed by atoms with van der Waals surface area (Å²) in [5.74, 6) is 1.78. The molecule has 10 aromatic rings. The van der Waals surface area contributed by atoms with Crippen molar-refractivity contribution in [2.45, 2.75) is 10.8 Å². The highest BCUT2D eigenvalue weighted by Gasteiger charge is 2.52. The lowest BCUT2D eigenvalue weighted by Gasteiger charge is -2.39. The van der Waals surface area contributed by atoms with Gasteiger partial charge in [-0.2, -0.15) is 0 Å². The molecule has 13 rings (SSSR count). The Bertz CT molecular complexity index is 3320. The maximum atomic E-state index is 6.66. The zero-order valence-corrected chi connectivity index (χ0v) is 35.0. The van der Waals surface area contributed by atoms with Crippen LogP contribution in [-0.4, -0.2) is 0 Å². The third-order valence-electron chi connectivity index (χ3n) is 14.0. The van der Waals surface area contributed by atoms with E-state index in [1.165, 1.54) is 66.8 Å². The molecule has 2 aliphatic carbocycles. The van der Waals surface area contributed by atoms with Gasteiger partial charge in [-0.25, -0.2) is 0 Å². The second-order valence-electron chi connectivity index (χ2n) is 17.1. The molecule has 0 fully saturated rings. The number of para-hydroxylation sites is 3. The molecule has 1 heterocycles. The Morgan fingerprint density at radius 2 is 0.750 bits per heavy atom. The van der Waals surface area contributed by atoms with E-state index < -0.39 is 10.8 Å². The number of nitrogens with zero attached hydrogens (tertiary/aromatic N) is 1. The van der Waals surface area contributed by atoms with Crippen LogP contribution in [0.15, 0.2) is 249 Å². The largest absolute Gasteiger partial charge is 0.457 e. The lowest BCUT2D eigenvalue weighted by Crippen LogP contribution is -2.32. The van der Waals surface area contributed by atoms with E-state index in [2.05, 4.69) is 254 Å². The maximum Gasteiger partial charge on any atom is 0.132 e. The average Bonchev–Trinajstić information content (AvgIpc) is 3.84. The first-order valence-corrected chi connectivity index (χ1v) is 22.2. The van der Waals surface area contributed by atoms with Crippen molar-refractivity contribution in [3.05, 3.63) is 293 Å². The van der Waals surface area contributed by atoms with Gasteiger partial charge in [0, 0.05) is 28.1 Å². The molecule has 300 valence electrons. The molecule has 0 saturated carbocycles. The molecule has 0 N–H and O–H groups in total. The Morgan fingerprint density at radius 3 is 1.39 bits per heavy atom. The van der Waals surface area contributed by atoms with Crippen molar-refractivity contribution >= 4 is 17.1 Å². The SMILES string of the molecule is c1ccc(N(c2ccc(-c3cccc4c3C(c3ccccc3)(c3ccccc3)c3ccccc3-4)cc2)c2cccc3c2-c2ccccc2C32c3ccccc3Oc3ccccc32)cc1. The summed E-state index contributed by atoms with van der Waals surface area (Å²) in [6.45, 7) is 0. The normalized spacial score (nSPS) is 14.0. The van der Waals surface area contributed by atoms with Crippen LogP contribution in [0.25, 0.3) is 33.4 Å². The van der Waals surface area contributed by atoms with Gasteiger partial charge in [0.15, 0.2) is 0 Å². The molecule has 1 aliphatic heterocycles. The summed E-state index contributed by atoms with van der Waals surface area (Å²) < 4.78 is 6.66. The van der Waals surface area contributed by atoms with Gasteiger partial charge in [-0.05, 0) is 104 Å². The van der Waals surface area contributed by atoms with Gasteiger partial charge in [0.25, 0.3) is 0 Å². The van der Waals surface area contributed by atoms with Crippen molar-refractivity contribution in [3.63, 3.8) is 0 Å². The molecular formula is C62H41NO. The Morgan fingerprint density at radius 1 is 0.297 bits per heavy atom. The van der Waals surface area contributed by atoms with Gasteiger partial charge in [0.05, 0.1) is 16.5 Å². The third kappa shape index (κ3) is 4.97. The van der Waals surface area contributed by atoms with Crippen molar-refractivity contribution in [1.29, 1.82) is 0 Å². The van der Waals surface area contributed by atoms with E-state index >= 15 is 0 Å². The van der Waals surface area contributed by atoms with Crippen molar-refractivity contribution in [1.82, 2.24) is 0 Å². The lowest BCUT2D eigenvalue weighted by molar-refractivity contribution is 0.436. The minimum absolute atomic E-state index is 0.505. The van der Waals surface area contributed by atoms with Crippen LogP contribution in [0, 0.1) is 0 Å². The number of anilines is 3. The number of rotatable bonds is 6. The fourth-order valence-corrected chi connectivity index (χ4v) is 11.6. The van der Waals surface area contributed by atoms with E-state index in [-0.39, 0.29) is 0 Å². The predicted molar refractivity (Wildman–Crippen MR) is 261 cm³/mol. The van der Waals surface area contributed by atoms with E-state index in [0.29, 0.717) is 0 Å². The Labute approximate surface area is 374 Å². The number of fused-ring (bicyclic) bond motifs is 12. The van der Waals surface area contributed by atoms with Gasteiger partial charge >= 0.3 is 0 Å². The number of hydrogen-bond acceptors (Lipinski definition) is 2. The highest BCUT2D eigenvalue weighted by atomic mass is 16.5. The quantitative estimate of drug-likeness (QED) is 0.166. The van der Waals surface area contributed by atoms with Crippen LogP contribution in [0.1, 0.15) is 44.5 Å². The molecule has 10 aromatic carbocycles. The van der Waals surface area contributed by atoms with Gasteiger partial charge < -0.3 is 9.64 Å². The van der Waals surface area contributed by atoms with Crippen molar-refractivity contribution in [2.24, 2.45) is 0 Å². The first kappa shape index (κ1) is 36.5.